The molecule has 0 bridgehead atoms. The van der Waals surface area contributed by atoms with Crippen LogP contribution in [0.1, 0.15) is 27.7 Å². The van der Waals surface area contributed by atoms with E-state index >= 15 is 0 Å². The summed E-state index contributed by atoms with van der Waals surface area (Å²) in [5, 5.41) is 0. The summed E-state index contributed by atoms with van der Waals surface area (Å²) in [6.07, 6.45) is 0. The van der Waals surface area contributed by atoms with Crippen molar-refractivity contribution >= 4 is 59.2 Å². The van der Waals surface area contributed by atoms with E-state index in [1.165, 1.54) is 24.3 Å². The summed E-state index contributed by atoms with van der Waals surface area (Å²) in [4.78, 5) is 11.9. The van der Waals surface area contributed by atoms with E-state index < -0.39 is 27.6 Å². The van der Waals surface area contributed by atoms with Gasteiger partial charge in [0, 0.05) is 0 Å². The maximum absolute atomic E-state index is 12.2. The molecule has 9 heteroatoms. The highest BCUT2D eigenvalue weighted by molar-refractivity contribution is 9.12. The van der Waals surface area contributed by atoms with Crippen LogP contribution in [-0.4, -0.2) is 26.0 Å². The van der Waals surface area contributed by atoms with E-state index in [1.807, 2.05) is 0 Å². The largest absolute Gasteiger partial charge is 0.459 e. The molecule has 1 rings (SSSR count). The van der Waals surface area contributed by atoms with Crippen LogP contribution in [0.15, 0.2) is 18.5 Å². The highest BCUT2D eigenvalue weighted by Gasteiger charge is 2.28. The molecule has 0 unspecified atom stereocenters. The molecule has 0 amide bonds. The second kappa shape index (κ2) is 6.43. The van der Waals surface area contributed by atoms with Crippen LogP contribution >= 0.6 is 43.2 Å². The predicted molar refractivity (Wildman–Crippen MR) is 85.3 cm³/mol. The molecule has 1 atom stereocenters. The average Bonchev–Trinajstić information content (AvgIpc) is 2.55. The number of ether oxygens (including phenoxy) is 1. The highest BCUT2D eigenvalue weighted by atomic mass is 79.9. The van der Waals surface area contributed by atoms with Crippen molar-refractivity contribution in [3.8, 4) is 0 Å². The van der Waals surface area contributed by atoms with Gasteiger partial charge in [0.05, 0.1) is 7.57 Å². The van der Waals surface area contributed by atoms with Crippen molar-refractivity contribution in [1.29, 1.82) is 0 Å². The maximum atomic E-state index is 12.2. The van der Waals surface area contributed by atoms with Crippen molar-refractivity contribution in [2.24, 2.45) is 0 Å². The van der Waals surface area contributed by atoms with Crippen LogP contribution in [0.3, 0.4) is 0 Å². The Morgan fingerprint density at radius 2 is 1.95 bits per heavy atom. The summed E-state index contributed by atoms with van der Waals surface area (Å²) in [6, 6.07) is 0.503. The molecular formula is C11H15Br2NO4S2. The fraction of sp³-hybridized carbons (Fsp3) is 0.545. The lowest BCUT2D eigenvalue weighted by Gasteiger charge is -2.22. The van der Waals surface area contributed by atoms with Gasteiger partial charge >= 0.3 is 5.97 Å². The highest BCUT2D eigenvalue weighted by Crippen LogP contribution is 2.34. The summed E-state index contributed by atoms with van der Waals surface area (Å²) in [7, 11) is -3.79. The first-order valence-electron chi connectivity index (χ1n) is 5.62. The van der Waals surface area contributed by atoms with Crippen LogP contribution in [-0.2, 0) is 19.6 Å². The zero-order valence-corrected chi connectivity index (χ0v) is 16.2. The van der Waals surface area contributed by atoms with Crippen molar-refractivity contribution < 1.29 is 17.9 Å². The zero-order chi connectivity index (χ0) is 15.7. The van der Waals surface area contributed by atoms with Crippen LogP contribution in [0.4, 0.5) is 0 Å². The third kappa shape index (κ3) is 5.10. The molecule has 1 heterocycles. The molecule has 0 saturated heterocycles. The average molecular weight is 449 g/mol. The number of rotatable bonds is 4. The fourth-order valence-electron chi connectivity index (χ4n) is 1.24. The predicted octanol–water partition coefficient (Wildman–Crippen LogP) is 3.28. The van der Waals surface area contributed by atoms with Gasteiger partial charge in [-0.3, -0.25) is 4.79 Å². The minimum Gasteiger partial charge on any atom is -0.459 e. The molecular weight excluding hydrogens is 434 g/mol. The van der Waals surface area contributed by atoms with Gasteiger partial charge in [-0.2, -0.15) is 4.72 Å². The van der Waals surface area contributed by atoms with E-state index in [-0.39, 0.29) is 4.90 Å². The minimum absolute atomic E-state index is 0.0878. The second-order valence-corrected chi connectivity index (χ2v) is 10.5. The van der Waals surface area contributed by atoms with Crippen LogP contribution < -0.4 is 4.72 Å². The van der Waals surface area contributed by atoms with Gasteiger partial charge in [-0.05, 0) is 65.6 Å². The number of thiophene rings is 1. The molecule has 114 valence electrons. The molecule has 0 aliphatic heterocycles. The number of sulfonamides is 1. The van der Waals surface area contributed by atoms with Gasteiger partial charge < -0.3 is 4.74 Å². The molecule has 1 aromatic rings. The quantitative estimate of drug-likeness (QED) is 0.717. The molecule has 0 radical (unpaired) electrons. The van der Waals surface area contributed by atoms with Crippen LogP contribution in [0.25, 0.3) is 0 Å². The molecule has 0 aliphatic carbocycles. The van der Waals surface area contributed by atoms with Crippen molar-refractivity contribution in [1.82, 2.24) is 4.72 Å². The Hall–Kier alpha value is 0.0400. The molecule has 20 heavy (non-hydrogen) atoms. The lowest BCUT2D eigenvalue weighted by molar-refractivity contribution is -0.156. The molecule has 0 spiro atoms. The third-order valence-electron chi connectivity index (χ3n) is 2.01. The van der Waals surface area contributed by atoms with Gasteiger partial charge in [-0.15, -0.1) is 11.3 Å². The first-order valence-corrected chi connectivity index (χ1v) is 9.51. The minimum atomic E-state index is -3.79. The molecule has 5 nitrogen and oxygen atoms in total. The Bertz CT molecular complexity index is 604. The topological polar surface area (TPSA) is 72.5 Å². The molecule has 0 aromatic carbocycles. The third-order valence-corrected chi connectivity index (χ3v) is 6.30. The number of carbonyl (C=O) groups excluding carboxylic acids is 1. The van der Waals surface area contributed by atoms with Gasteiger partial charge in [-0.1, -0.05) is 0 Å². The summed E-state index contributed by atoms with van der Waals surface area (Å²) in [5.41, 5.74) is -0.664. The Labute approximate surface area is 139 Å². The summed E-state index contributed by atoms with van der Waals surface area (Å²) >= 11 is 7.64. The number of carbonyl (C=O) groups is 1. The zero-order valence-electron chi connectivity index (χ0n) is 11.4. The van der Waals surface area contributed by atoms with Crippen LogP contribution in [0.5, 0.6) is 0 Å². The van der Waals surface area contributed by atoms with Gasteiger partial charge in [0.2, 0.25) is 10.0 Å². The summed E-state index contributed by atoms with van der Waals surface area (Å²) in [5.74, 6) is -0.619. The normalized spacial score (nSPS) is 14.1. The lowest BCUT2D eigenvalue weighted by Crippen LogP contribution is -2.42. The Morgan fingerprint density at radius 1 is 1.40 bits per heavy atom. The number of halogens is 2. The Kier molecular flexibility index (Phi) is 5.82. The first-order chi connectivity index (χ1) is 8.92. The van der Waals surface area contributed by atoms with Gasteiger partial charge in [-0.25, -0.2) is 8.42 Å². The van der Waals surface area contributed by atoms with E-state index in [9.17, 15) is 13.2 Å². The molecule has 1 aromatic heterocycles. The van der Waals surface area contributed by atoms with E-state index in [1.54, 1.807) is 20.8 Å². The molecule has 0 fully saturated rings. The summed E-state index contributed by atoms with van der Waals surface area (Å²) < 4.78 is 32.9. The van der Waals surface area contributed by atoms with Crippen LogP contribution in [0, 0.1) is 0 Å². The van der Waals surface area contributed by atoms with Gasteiger partial charge in [0.25, 0.3) is 0 Å². The van der Waals surface area contributed by atoms with E-state index in [4.69, 9.17) is 4.74 Å². The van der Waals surface area contributed by atoms with E-state index in [2.05, 4.69) is 36.6 Å². The van der Waals surface area contributed by atoms with Crippen LogP contribution in [0.2, 0.25) is 0 Å². The van der Waals surface area contributed by atoms with Gasteiger partial charge in [0.1, 0.15) is 16.5 Å². The standard InChI is InChI=1S/C11H15Br2NO4S2/c1-6(10(15)18-11(2,3)4)14-20(16,17)7-5-8(12)19-9(7)13/h5-6,14H,1-4H3/t6-/m1/s1. The second-order valence-electron chi connectivity index (χ2n) is 5.06. The SMILES string of the molecule is C[C@@H](NS(=O)(=O)c1cc(Br)sc1Br)C(=O)OC(C)(C)C. The number of esters is 1. The Balaban J connectivity index is 2.87. The fourth-order valence-corrected chi connectivity index (χ4v) is 6.25. The number of hydrogen-bond donors (Lipinski definition) is 1. The first kappa shape index (κ1) is 18.1. The van der Waals surface area contributed by atoms with Crippen molar-refractivity contribution in [2.45, 2.75) is 44.2 Å². The van der Waals surface area contributed by atoms with Gasteiger partial charge in [0.15, 0.2) is 0 Å². The molecule has 1 N–H and O–H groups in total. The van der Waals surface area contributed by atoms with Crippen molar-refractivity contribution in [3.63, 3.8) is 0 Å². The Morgan fingerprint density at radius 3 is 2.35 bits per heavy atom. The van der Waals surface area contributed by atoms with Crippen molar-refractivity contribution in [3.05, 3.63) is 13.6 Å². The lowest BCUT2D eigenvalue weighted by atomic mass is 10.2. The molecule has 0 saturated carbocycles. The monoisotopic (exact) mass is 447 g/mol. The van der Waals surface area contributed by atoms with E-state index in [0.29, 0.717) is 7.57 Å². The number of nitrogens with one attached hydrogen (secondary N) is 1. The molecule has 0 aliphatic rings. The smallest absolute Gasteiger partial charge is 0.324 e. The van der Waals surface area contributed by atoms with E-state index in [0.717, 1.165) is 0 Å². The maximum Gasteiger partial charge on any atom is 0.324 e. The number of hydrogen-bond acceptors (Lipinski definition) is 5. The summed E-state index contributed by atoms with van der Waals surface area (Å²) in [6.45, 7) is 6.61. The van der Waals surface area contributed by atoms with Crippen molar-refractivity contribution in [2.75, 3.05) is 0 Å².